The van der Waals surface area contributed by atoms with Crippen molar-refractivity contribution in [3.05, 3.63) is 0 Å². The summed E-state index contributed by atoms with van der Waals surface area (Å²) >= 11 is 2.01. The Morgan fingerprint density at radius 3 is 2.56 bits per heavy atom. The van der Waals surface area contributed by atoms with E-state index in [-0.39, 0.29) is 0 Å². The highest BCUT2D eigenvalue weighted by Crippen LogP contribution is 2.19. The summed E-state index contributed by atoms with van der Waals surface area (Å²) in [6, 6.07) is 0. The Balaban J connectivity index is 2.41. The van der Waals surface area contributed by atoms with E-state index in [0.29, 0.717) is 5.37 Å². The van der Waals surface area contributed by atoms with Crippen molar-refractivity contribution in [2.24, 2.45) is 0 Å². The Morgan fingerprint density at radius 1 is 1.44 bits per heavy atom. The maximum Gasteiger partial charge on any atom is 0.0667 e. The molecule has 1 fully saturated rings. The standard InChI is InChI=1S/C6H14N2S/c1-6-8(3)7(2)4-5-9-6/h6H,4-5H2,1-3H3. The molecule has 1 aliphatic rings. The van der Waals surface area contributed by atoms with E-state index in [9.17, 15) is 0 Å². The fraction of sp³-hybridized carbons (Fsp3) is 1.00. The third-order valence-corrected chi connectivity index (χ3v) is 3.04. The van der Waals surface area contributed by atoms with Crippen LogP contribution in [-0.4, -0.2) is 41.8 Å². The van der Waals surface area contributed by atoms with Crippen molar-refractivity contribution in [2.75, 3.05) is 26.4 Å². The van der Waals surface area contributed by atoms with Crippen molar-refractivity contribution in [1.29, 1.82) is 0 Å². The van der Waals surface area contributed by atoms with Gasteiger partial charge < -0.3 is 0 Å². The summed E-state index contributed by atoms with van der Waals surface area (Å²) < 4.78 is 0. The monoisotopic (exact) mass is 146 g/mol. The van der Waals surface area contributed by atoms with E-state index in [1.807, 2.05) is 11.8 Å². The molecule has 1 aliphatic heterocycles. The molecule has 0 aromatic rings. The molecule has 0 saturated carbocycles. The molecule has 54 valence electrons. The van der Waals surface area contributed by atoms with E-state index in [4.69, 9.17) is 0 Å². The van der Waals surface area contributed by atoms with Crippen LogP contribution in [0.5, 0.6) is 0 Å². The van der Waals surface area contributed by atoms with E-state index in [2.05, 4.69) is 31.0 Å². The molecule has 0 spiro atoms. The molecule has 1 unspecified atom stereocenters. The maximum atomic E-state index is 2.27. The van der Waals surface area contributed by atoms with Crippen molar-refractivity contribution in [2.45, 2.75) is 12.3 Å². The highest BCUT2D eigenvalue weighted by Gasteiger charge is 2.18. The number of rotatable bonds is 0. The molecule has 0 aromatic heterocycles. The Kier molecular flexibility index (Phi) is 2.38. The molecule has 0 N–H and O–H groups in total. The van der Waals surface area contributed by atoms with E-state index in [1.54, 1.807) is 0 Å². The SMILES string of the molecule is CC1SCCN(C)N1C. The van der Waals surface area contributed by atoms with Gasteiger partial charge in [0.05, 0.1) is 5.37 Å². The van der Waals surface area contributed by atoms with Crippen LogP contribution in [-0.2, 0) is 0 Å². The van der Waals surface area contributed by atoms with E-state index < -0.39 is 0 Å². The lowest BCUT2D eigenvalue weighted by molar-refractivity contribution is 0.0206. The minimum absolute atomic E-state index is 0.656. The number of hydrogen-bond donors (Lipinski definition) is 0. The average Bonchev–Trinajstić information content (AvgIpc) is 1.83. The quantitative estimate of drug-likeness (QED) is 0.500. The Labute approximate surface area is 61.2 Å². The van der Waals surface area contributed by atoms with Crippen LogP contribution < -0.4 is 0 Å². The highest BCUT2D eigenvalue weighted by molar-refractivity contribution is 7.99. The first-order chi connectivity index (χ1) is 4.22. The van der Waals surface area contributed by atoms with Crippen LogP contribution in [0.25, 0.3) is 0 Å². The van der Waals surface area contributed by atoms with Gasteiger partial charge in [0.25, 0.3) is 0 Å². The number of thioether (sulfide) groups is 1. The van der Waals surface area contributed by atoms with E-state index in [0.717, 1.165) is 0 Å². The molecule has 0 aromatic carbocycles. The predicted octanol–water partition coefficient (Wildman–Crippen LogP) is 0.858. The zero-order valence-corrected chi connectivity index (χ0v) is 7.11. The van der Waals surface area contributed by atoms with Gasteiger partial charge in [0, 0.05) is 26.4 Å². The Bertz CT molecular complexity index is 87.1. The molecular weight excluding hydrogens is 132 g/mol. The summed E-state index contributed by atoms with van der Waals surface area (Å²) in [4.78, 5) is 0. The topological polar surface area (TPSA) is 6.48 Å². The maximum absolute atomic E-state index is 2.27. The van der Waals surface area contributed by atoms with Crippen LogP contribution in [0.1, 0.15) is 6.92 Å². The van der Waals surface area contributed by atoms with E-state index in [1.165, 1.54) is 12.3 Å². The van der Waals surface area contributed by atoms with Crippen LogP contribution in [0.15, 0.2) is 0 Å². The van der Waals surface area contributed by atoms with Gasteiger partial charge in [0.15, 0.2) is 0 Å². The van der Waals surface area contributed by atoms with Gasteiger partial charge >= 0.3 is 0 Å². The van der Waals surface area contributed by atoms with Crippen molar-refractivity contribution in [3.8, 4) is 0 Å². The first kappa shape index (κ1) is 7.38. The normalized spacial score (nSPS) is 33.0. The van der Waals surface area contributed by atoms with Crippen molar-refractivity contribution >= 4 is 11.8 Å². The van der Waals surface area contributed by atoms with Crippen LogP contribution >= 0.6 is 11.8 Å². The third kappa shape index (κ3) is 1.60. The predicted molar refractivity (Wildman–Crippen MR) is 42.3 cm³/mol. The van der Waals surface area contributed by atoms with Gasteiger partial charge in [-0.05, 0) is 6.92 Å². The van der Waals surface area contributed by atoms with Crippen molar-refractivity contribution < 1.29 is 0 Å². The largest absolute Gasteiger partial charge is 0.243 e. The van der Waals surface area contributed by atoms with Crippen LogP contribution in [0.2, 0.25) is 0 Å². The first-order valence-corrected chi connectivity index (χ1v) is 4.32. The Hall–Kier alpha value is 0.270. The second kappa shape index (κ2) is 2.90. The van der Waals surface area contributed by atoms with Crippen LogP contribution in [0.4, 0.5) is 0 Å². The molecule has 0 aliphatic carbocycles. The molecule has 1 heterocycles. The summed E-state index contributed by atoms with van der Waals surface area (Å²) in [5.41, 5.74) is 0. The third-order valence-electron chi connectivity index (χ3n) is 1.84. The van der Waals surface area contributed by atoms with Gasteiger partial charge in [-0.15, -0.1) is 11.8 Å². The summed E-state index contributed by atoms with van der Waals surface area (Å²) in [6.07, 6.45) is 0. The minimum Gasteiger partial charge on any atom is -0.243 e. The lowest BCUT2D eigenvalue weighted by atomic mass is 10.6. The molecule has 1 rings (SSSR count). The molecule has 0 bridgehead atoms. The molecule has 9 heavy (non-hydrogen) atoms. The van der Waals surface area contributed by atoms with Gasteiger partial charge in [-0.1, -0.05) is 0 Å². The first-order valence-electron chi connectivity index (χ1n) is 3.27. The second-order valence-electron chi connectivity index (χ2n) is 2.43. The van der Waals surface area contributed by atoms with Gasteiger partial charge in [0.2, 0.25) is 0 Å². The zero-order chi connectivity index (χ0) is 6.85. The van der Waals surface area contributed by atoms with Crippen LogP contribution in [0.3, 0.4) is 0 Å². The number of nitrogens with zero attached hydrogens (tertiary/aromatic N) is 2. The van der Waals surface area contributed by atoms with Crippen LogP contribution in [0, 0.1) is 0 Å². The summed E-state index contributed by atoms with van der Waals surface area (Å²) in [5, 5.41) is 5.19. The fourth-order valence-corrected chi connectivity index (χ4v) is 1.99. The van der Waals surface area contributed by atoms with Gasteiger partial charge in [-0.2, -0.15) is 0 Å². The second-order valence-corrected chi connectivity index (χ2v) is 3.85. The van der Waals surface area contributed by atoms with Gasteiger partial charge in [-0.3, -0.25) is 0 Å². The van der Waals surface area contributed by atoms with Crippen molar-refractivity contribution in [1.82, 2.24) is 10.0 Å². The summed E-state index contributed by atoms with van der Waals surface area (Å²) in [6.45, 7) is 3.42. The lowest BCUT2D eigenvalue weighted by Gasteiger charge is -2.37. The molecule has 1 atom stereocenters. The molecule has 1 saturated heterocycles. The minimum atomic E-state index is 0.656. The number of hydrogen-bond acceptors (Lipinski definition) is 3. The number of hydrazine groups is 1. The van der Waals surface area contributed by atoms with Gasteiger partial charge in [-0.25, -0.2) is 10.0 Å². The highest BCUT2D eigenvalue weighted by atomic mass is 32.2. The smallest absolute Gasteiger partial charge is 0.0667 e. The molecule has 3 heteroatoms. The lowest BCUT2D eigenvalue weighted by Crippen LogP contribution is -2.46. The summed E-state index contributed by atoms with van der Waals surface area (Å²) in [5.74, 6) is 1.27. The molecule has 2 nitrogen and oxygen atoms in total. The van der Waals surface area contributed by atoms with Crippen molar-refractivity contribution in [3.63, 3.8) is 0 Å². The molecule has 0 radical (unpaired) electrons. The van der Waals surface area contributed by atoms with E-state index >= 15 is 0 Å². The summed E-state index contributed by atoms with van der Waals surface area (Å²) in [7, 11) is 4.27. The average molecular weight is 146 g/mol. The zero-order valence-electron chi connectivity index (χ0n) is 6.29. The fourth-order valence-electron chi connectivity index (χ4n) is 0.899. The van der Waals surface area contributed by atoms with Gasteiger partial charge in [0.1, 0.15) is 0 Å². The Morgan fingerprint density at radius 2 is 2.11 bits per heavy atom. The molecular formula is C6H14N2S. The molecule has 0 amide bonds.